The van der Waals surface area contributed by atoms with Crippen LogP contribution in [0.5, 0.6) is 0 Å². The van der Waals surface area contributed by atoms with Gasteiger partial charge in [-0.05, 0) is 24.7 Å². The summed E-state index contributed by atoms with van der Waals surface area (Å²) in [6, 6.07) is 0.437. The van der Waals surface area contributed by atoms with Crippen molar-refractivity contribution in [3.05, 3.63) is 0 Å². The van der Waals surface area contributed by atoms with E-state index in [1.807, 2.05) is 0 Å². The second kappa shape index (κ2) is 3.04. The summed E-state index contributed by atoms with van der Waals surface area (Å²) in [6.45, 7) is 4.45. The number of hydrogen-bond donors (Lipinski definition) is 1. The number of carbonyl (C=O) groups is 1. The number of amides is 1. The van der Waals surface area contributed by atoms with Crippen LogP contribution in [0.25, 0.3) is 0 Å². The van der Waals surface area contributed by atoms with Crippen molar-refractivity contribution >= 4 is 6.41 Å². The fourth-order valence-electron chi connectivity index (χ4n) is 1.69. The van der Waals surface area contributed by atoms with Gasteiger partial charge in [-0.25, -0.2) is 0 Å². The lowest BCUT2D eigenvalue weighted by Gasteiger charge is -2.16. The topological polar surface area (TPSA) is 29.1 Å². The molecule has 1 aliphatic rings. The van der Waals surface area contributed by atoms with E-state index in [4.69, 9.17) is 0 Å². The maximum Gasteiger partial charge on any atom is 0.207 e. The Hall–Kier alpha value is -0.530. The lowest BCUT2D eigenvalue weighted by molar-refractivity contribution is -0.110. The zero-order valence-electron chi connectivity index (χ0n) is 6.63. The zero-order valence-corrected chi connectivity index (χ0v) is 6.63. The molecule has 3 unspecified atom stereocenters. The lowest BCUT2D eigenvalue weighted by atomic mass is 9.98. The summed E-state index contributed by atoms with van der Waals surface area (Å²) < 4.78 is 0. The number of rotatable bonds is 2. The molecule has 2 nitrogen and oxygen atoms in total. The molecule has 0 radical (unpaired) electrons. The van der Waals surface area contributed by atoms with Gasteiger partial charge in [0, 0.05) is 6.04 Å². The summed E-state index contributed by atoms with van der Waals surface area (Å²) in [5.41, 5.74) is 0. The Morgan fingerprint density at radius 1 is 1.40 bits per heavy atom. The van der Waals surface area contributed by atoms with Gasteiger partial charge in [0.25, 0.3) is 0 Å². The molecule has 0 aromatic heterocycles. The number of hydrogen-bond acceptors (Lipinski definition) is 1. The molecule has 0 heterocycles. The molecule has 3 atom stereocenters. The van der Waals surface area contributed by atoms with Crippen molar-refractivity contribution in [3.8, 4) is 0 Å². The molecule has 10 heavy (non-hydrogen) atoms. The van der Waals surface area contributed by atoms with Gasteiger partial charge in [0.1, 0.15) is 0 Å². The molecule has 2 heteroatoms. The molecule has 1 fully saturated rings. The van der Waals surface area contributed by atoms with Crippen LogP contribution in [0.2, 0.25) is 0 Å². The van der Waals surface area contributed by atoms with Gasteiger partial charge in [-0.3, -0.25) is 4.79 Å². The van der Waals surface area contributed by atoms with E-state index in [0.717, 1.165) is 18.7 Å². The van der Waals surface area contributed by atoms with Crippen molar-refractivity contribution < 1.29 is 4.79 Å². The molecular weight excluding hydrogens is 126 g/mol. The van der Waals surface area contributed by atoms with E-state index in [9.17, 15) is 4.79 Å². The lowest BCUT2D eigenvalue weighted by Crippen LogP contribution is -2.30. The van der Waals surface area contributed by atoms with Gasteiger partial charge in [-0.1, -0.05) is 13.8 Å². The van der Waals surface area contributed by atoms with Gasteiger partial charge in [-0.2, -0.15) is 0 Å². The Morgan fingerprint density at radius 2 is 2.10 bits per heavy atom. The fourth-order valence-corrected chi connectivity index (χ4v) is 1.69. The van der Waals surface area contributed by atoms with Gasteiger partial charge in [0.2, 0.25) is 6.41 Å². The quantitative estimate of drug-likeness (QED) is 0.574. The van der Waals surface area contributed by atoms with Crippen LogP contribution < -0.4 is 5.32 Å². The molecule has 0 saturated heterocycles. The average molecular weight is 141 g/mol. The summed E-state index contributed by atoms with van der Waals surface area (Å²) >= 11 is 0. The highest BCUT2D eigenvalue weighted by atomic mass is 16.1. The van der Waals surface area contributed by atoms with Gasteiger partial charge < -0.3 is 5.32 Å². The normalized spacial score (nSPS) is 39.6. The molecule has 58 valence electrons. The van der Waals surface area contributed by atoms with Crippen molar-refractivity contribution in [3.63, 3.8) is 0 Å². The van der Waals surface area contributed by atoms with E-state index in [0.29, 0.717) is 12.0 Å². The van der Waals surface area contributed by atoms with Crippen LogP contribution in [0.1, 0.15) is 26.7 Å². The number of nitrogens with one attached hydrogen (secondary N) is 1. The smallest absolute Gasteiger partial charge is 0.207 e. The van der Waals surface area contributed by atoms with Crippen LogP contribution in [0.15, 0.2) is 0 Å². The molecule has 1 amide bonds. The van der Waals surface area contributed by atoms with E-state index in [2.05, 4.69) is 19.2 Å². The summed E-state index contributed by atoms with van der Waals surface area (Å²) in [5.74, 6) is 1.43. The Bertz CT molecular complexity index is 124. The van der Waals surface area contributed by atoms with Crippen molar-refractivity contribution in [2.24, 2.45) is 11.8 Å². The second-order valence-corrected chi connectivity index (χ2v) is 3.30. The van der Waals surface area contributed by atoms with E-state index >= 15 is 0 Å². The van der Waals surface area contributed by atoms with Gasteiger partial charge in [-0.15, -0.1) is 0 Å². The Balaban J connectivity index is 2.40. The molecule has 1 N–H and O–H groups in total. The van der Waals surface area contributed by atoms with Crippen LogP contribution >= 0.6 is 0 Å². The van der Waals surface area contributed by atoms with E-state index in [1.165, 1.54) is 6.42 Å². The predicted molar refractivity (Wildman–Crippen MR) is 40.5 cm³/mol. The molecule has 0 aromatic carbocycles. The third-order valence-electron chi connectivity index (χ3n) is 2.75. The van der Waals surface area contributed by atoms with E-state index in [-0.39, 0.29) is 0 Å². The van der Waals surface area contributed by atoms with Crippen LogP contribution in [-0.2, 0) is 4.79 Å². The van der Waals surface area contributed by atoms with Crippen molar-refractivity contribution in [2.75, 3.05) is 0 Å². The van der Waals surface area contributed by atoms with E-state index in [1.54, 1.807) is 0 Å². The molecular formula is C8H15NO. The highest BCUT2D eigenvalue weighted by Gasteiger charge is 2.28. The zero-order chi connectivity index (χ0) is 7.56. The summed E-state index contributed by atoms with van der Waals surface area (Å²) in [7, 11) is 0. The SMILES string of the molecule is CC1CCC(NC=O)C1C. The first-order valence-corrected chi connectivity index (χ1v) is 3.95. The molecule has 0 bridgehead atoms. The minimum atomic E-state index is 0.437. The highest BCUT2D eigenvalue weighted by Crippen LogP contribution is 2.30. The van der Waals surface area contributed by atoms with Gasteiger partial charge in [0.15, 0.2) is 0 Å². The third-order valence-corrected chi connectivity index (χ3v) is 2.75. The first-order chi connectivity index (χ1) is 4.75. The monoisotopic (exact) mass is 141 g/mol. The average Bonchev–Trinajstić information content (AvgIpc) is 2.20. The molecule has 0 aliphatic heterocycles. The van der Waals surface area contributed by atoms with Gasteiger partial charge >= 0.3 is 0 Å². The summed E-state index contributed by atoms with van der Waals surface area (Å²) in [6.07, 6.45) is 3.23. The van der Waals surface area contributed by atoms with Crippen LogP contribution in [0, 0.1) is 11.8 Å². The number of carbonyl (C=O) groups excluding carboxylic acids is 1. The third kappa shape index (κ3) is 1.31. The van der Waals surface area contributed by atoms with Crippen molar-refractivity contribution in [1.82, 2.24) is 5.32 Å². The van der Waals surface area contributed by atoms with Gasteiger partial charge in [0.05, 0.1) is 0 Å². The first-order valence-electron chi connectivity index (χ1n) is 3.95. The minimum absolute atomic E-state index is 0.437. The largest absolute Gasteiger partial charge is 0.356 e. The van der Waals surface area contributed by atoms with Crippen LogP contribution in [0.3, 0.4) is 0 Å². The summed E-state index contributed by atoms with van der Waals surface area (Å²) in [5, 5.41) is 2.84. The maximum absolute atomic E-state index is 10.1. The molecule has 0 spiro atoms. The summed E-state index contributed by atoms with van der Waals surface area (Å²) in [4.78, 5) is 10.1. The van der Waals surface area contributed by atoms with Crippen LogP contribution in [0.4, 0.5) is 0 Å². The molecule has 1 saturated carbocycles. The highest BCUT2D eigenvalue weighted by molar-refractivity contribution is 5.46. The van der Waals surface area contributed by atoms with Crippen molar-refractivity contribution in [2.45, 2.75) is 32.7 Å². The molecule has 1 aliphatic carbocycles. The Kier molecular flexibility index (Phi) is 2.30. The first kappa shape index (κ1) is 7.58. The molecule has 1 rings (SSSR count). The predicted octanol–water partition coefficient (Wildman–Crippen LogP) is 1.17. The van der Waals surface area contributed by atoms with Crippen molar-refractivity contribution in [1.29, 1.82) is 0 Å². The minimum Gasteiger partial charge on any atom is -0.356 e. The Morgan fingerprint density at radius 3 is 2.50 bits per heavy atom. The van der Waals surface area contributed by atoms with E-state index < -0.39 is 0 Å². The second-order valence-electron chi connectivity index (χ2n) is 3.30. The maximum atomic E-state index is 10.1. The fraction of sp³-hybridized carbons (Fsp3) is 0.875. The Labute approximate surface area is 62.0 Å². The van der Waals surface area contributed by atoms with Crippen LogP contribution in [-0.4, -0.2) is 12.5 Å². The standard InChI is InChI=1S/C8H15NO/c1-6-3-4-8(7(6)2)9-5-10/h5-8H,3-4H2,1-2H3,(H,9,10). The molecule has 0 aromatic rings.